The Bertz CT molecular complexity index is 1150. The fourth-order valence-electron chi connectivity index (χ4n) is 4.79. The lowest BCUT2D eigenvalue weighted by Crippen LogP contribution is -2.47. The molecule has 0 aromatic heterocycles. The summed E-state index contributed by atoms with van der Waals surface area (Å²) in [6.45, 7) is 10.1. The van der Waals surface area contributed by atoms with E-state index in [-0.39, 0.29) is 6.04 Å². The summed E-state index contributed by atoms with van der Waals surface area (Å²) in [4.78, 5) is 4.98. The van der Waals surface area contributed by atoms with Crippen LogP contribution in [0.25, 0.3) is 0 Å². The number of rotatable bonds is 11. The molecule has 0 aliphatic carbocycles. The Kier molecular flexibility index (Phi) is 8.46. The first-order valence-corrected chi connectivity index (χ1v) is 13.1. The minimum atomic E-state index is 0.249. The monoisotopic (exact) mass is 503 g/mol. The van der Waals surface area contributed by atoms with Crippen molar-refractivity contribution in [1.29, 1.82) is 0 Å². The van der Waals surface area contributed by atoms with Crippen LogP contribution in [-0.4, -0.2) is 63.0 Å². The predicted molar refractivity (Wildman–Crippen MR) is 144 cm³/mol. The maximum atomic E-state index is 6.11. The van der Waals surface area contributed by atoms with E-state index in [1.807, 2.05) is 24.3 Å². The second-order valence-corrected chi connectivity index (χ2v) is 9.68. The third-order valence-electron chi connectivity index (χ3n) is 7.11. The smallest absolute Gasteiger partial charge is 0.231 e. The van der Waals surface area contributed by atoms with Crippen molar-refractivity contribution in [1.82, 2.24) is 15.1 Å². The van der Waals surface area contributed by atoms with Gasteiger partial charge in [0.05, 0.1) is 7.11 Å². The van der Waals surface area contributed by atoms with Crippen LogP contribution >= 0.6 is 0 Å². The molecule has 1 atom stereocenters. The molecule has 0 unspecified atom stereocenters. The van der Waals surface area contributed by atoms with Crippen LogP contribution in [0.4, 0.5) is 0 Å². The van der Waals surface area contributed by atoms with Crippen LogP contribution in [0.5, 0.6) is 23.0 Å². The van der Waals surface area contributed by atoms with Crippen molar-refractivity contribution in [3.63, 3.8) is 0 Å². The maximum Gasteiger partial charge on any atom is 0.231 e. The van der Waals surface area contributed by atoms with E-state index in [0.29, 0.717) is 13.4 Å². The standard InChI is InChI=1S/C30H37N3O4/c1-23(26-7-9-27(34-2)10-8-26)31-20-24-4-3-5-28(18-24)35-17-16-32-12-14-33(15-13-32)21-25-6-11-29-30(19-25)37-22-36-29/h3-11,18-19,23,31H,12-17,20-22H2,1-2H3/t23-/m1/s1. The van der Waals surface area contributed by atoms with Crippen LogP contribution in [0.3, 0.4) is 0 Å². The van der Waals surface area contributed by atoms with Crippen molar-refractivity contribution in [3.8, 4) is 23.0 Å². The molecule has 0 saturated carbocycles. The summed E-state index contributed by atoms with van der Waals surface area (Å²) < 4.78 is 22.3. The lowest BCUT2D eigenvalue weighted by Gasteiger charge is -2.34. The molecule has 1 N–H and O–H groups in total. The van der Waals surface area contributed by atoms with Crippen LogP contribution in [-0.2, 0) is 13.1 Å². The van der Waals surface area contributed by atoms with Gasteiger partial charge in [0.25, 0.3) is 0 Å². The molecular weight excluding hydrogens is 466 g/mol. The first-order chi connectivity index (χ1) is 18.2. The molecule has 7 nitrogen and oxygen atoms in total. The number of hydrogen-bond acceptors (Lipinski definition) is 7. The predicted octanol–water partition coefficient (Wildman–Crippen LogP) is 4.47. The zero-order valence-electron chi connectivity index (χ0n) is 21.8. The van der Waals surface area contributed by atoms with E-state index in [2.05, 4.69) is 64.5 Å². The third-order valence-corrected chi connectivity index (χ3v) is 7.11. The highest BCUT2D eigenvalue weighted by Gasteiger charge is 2.19. The van der Waals surface area contributed by atoms with E-state index in [1.54, 1.807) is 7.11 Å². The van der Waals surface area contributed by atoms with Crippen molar-refractivity contribution >= 4 is 0 Å². The van der Waals surface area contributed by atoms with Gasteiger partial charge in [0.1, 0.15) is 18.1 Å². The Balaban J connectivity index is 1.01. The summed E-state index contributed by atoms with van der Waals surface area (Å²) in [6.07, 6.45) is 0. The largest absolute Gasteiger partial charge is 0.497 e. The summed E-state index contributed by atoms with van der Waals surface area (Å²) in [5.41, 5.74) is 3.73. The summed E-state index contributed by atoms with van der Waals surface area (Å²) in [6, 6.07) is 23.1. The first kappa shape index (κ1) is 25.4. The molecule has 7 heteroatoms. The molecule has 1 fully saturated rings. The quantitative estimate of drug-likeness (QED) is 0.414. The Morgan fingerprint density at radius 1 is 0.838 bits per heavy atom. The molecular formula is C30H37N3O4. The maximum absolute atomic E-state index is 6.11. The molecule has 0 bridgehead atoms. The lowest BCUT2D eigenvalue weighted by atomic mass is 10.1. The summed E-state index contributed by atoms with van der Waals surface area (Å²) in [5, 5.41) is 3.60. The van der Waals surface area contributed by atoms with Crippen molar-refractivity contribution in [2.75, 3.05) is 53.2 Å². The molecule has 0 spiro atoms. The van der Waals surface area contributed by atoms with Crippen molar-refractivity contribution < 1.29 is 18.9 Å². The topological polar surface area (TPSA) is 55.4 Å². The zero-order valence-corrected chi connectivity index (χ0v) is 21.8. The SMILES string of the molecule is COc1ccc([C@@H](C)NCc2cccc(OCCN3CCN(Cc4ccc5c(c4)OCO5)CC3)c2)cc1. The number of piperazine rings is 1. The van der Waals surface area contributed by atoms with Gasteiger partial charge in [0.2, 0.25) is 6.79 Å². The fraction of sp³-hybridized carbons (Fsp3) is 0.400. The molecule has 196 valence electrons. The lowest BCUT2D eigenvalue weighted by molar-refractivity contribution is 0.112. The van der Waals surface area contributed by atoms with Gasteiger partial charge in [-0.2, -0.15) is 0 Å². The first-order valence-electron chi connectivity index (χ1n) is 13.1. The third kappa shape index (κ3) is 6.95. The van der Waals surface area contributed by atoms with Gasteiger partial charge in [-0.15, -0.1) is 0 Å². The van der Waals surface area contributed by atoms with Crippen LogP contribution in [0, 0.1) is 0 Å². The highest BCUT2D eigenvalue weighted by atomic mass is 16.7. The zero-order chi connectivity index (χ0) is 25.5. The number of nitrogens with zero attached hydrogens (tertiary/aromatic N) is 2. The number of ether oxygens (including phenoxy) is 4. The molecule has 2 aliphatic rings. The van der Waals surface area contributed by atoms with Gasteiger partial charge >= 0.3 is 0 Å². The molecule has 3 aromatic rings. The van der Waals surface area contributed by atoms with E-state index < -0.39 is 0 Å². The van der Waals surface area contributed by atoms with Gasteiger partial charge < -0.3 is 24.3 Å². The van der Waals surface area contributed by atoms with E-state index in [4.69, 9.17) is 18.9 Å². The molecule has 2 aliphatic heterocycles. The number of nitrogens with one attached hydrogen (secondary N) is 1. The molecule has 5 rings (SSSR count). The number of hydrogen-bond donors (Lipinski definition) is 1. The van der Waals surface area contributed by atoms with E-state index in [9.17, 15) is 0 Å². The Morgan fingerprint density at radius 3 is 2.43 bits per heavy atom. The second kappa shape index (κ2) is 12.3. The molecule has 0 amide bonds. The second-order valence-electron chi connectivity index (χ2n) is 9.68. The highest BCUT2D eigenvalue weighted by Crippen LogP contribution is 2.32. The number of benzene rings is 3. The molecule has 1 saturated heterocycles. The van der Waals surface area contributed by atoms with Crippen molar-refractivity contribution in [2.24, 2.45) is 0 Å². The van der Waals surface area contributed by atoms with Gasteiger partial charge in [-0.1, -0.05) is 30.3 Å². The number of methoxy groups -OCH3 is 1. The number of fused-ring (bicyclic) bond motifs is 1. The molecule has 0 radical (unpaired) electrons. The highest BCUT2D eigenvalue weighted by molar-refractivity contribution is 5.44. The van der Waals surface area contributed by atoms with Gasteiger partial charge in [0.15, 0.2) is 11.5 Å². The van der Waals surface area contributed by atoms with E-state index in [0.717, 1.165) is 68.8 Å². The minimum absolute atomic E-state index is 0.249. The van der Waals surface area contributed by atoms with Crippen LogP contribution in [0.1, 0.15) is 29.7 Å². The average molecular weight is 504 g/mol. The van der Waals surface area contributed by atoms with Crippen molar-refractivity contribution in [2.45, 2.75) is 26.1 Å². The normalized spacial score (nSPS) is 16.5. The Hall–Kier alpha value is -3.26. The van der Waals surface area contributed by atoms with Crippen LogP contribution < -0.4 is 24.3 Å². The van der Waals surface area contributed by atoms with Crippen LogP contribution in [0.2, 0.25) is 0 Å². The fourth-order valence-corrected chi connectivity index (χ4v) is 4.79. The summed E-state index contributed by atoms with van der Waals surface area (Å²) >= 11 is 0. The van der Waals surface area contributed by atoms with Gasteiger partial charge in [-0.25, -0.2) is 0 Å². The van der Waals surface area contributed by atoms with Crippen molar-refractivity contribution in [3.05, 3.63) is 83.4 Å². The van der Waals surface area contributed by atoms with Gasteiger partial charge in [-0.3, -0.25) is 9.80 Å². The Morgan fingerprint density at radius 2 is 1.62 bits per heavy atom. The minimum Gasteiger partial charge on any atom is -0.497 e. The average Bonchev–Trinajstić information content (AvgIpc) is 3.41. The van der Waals surface area contributed by atoms with Crippen LogP contribution in [0.15, 0.2) is 66.7 Å². The van der Waals surface area contributed by atoms with Gasteiger partial charge in [-0.05, 0) is 60.0 Å². The Labute approximate surface area is 219 Å². The van der Waals surface area contributed by atoms with Gasteiger partial charge in [0, 0.05) is 51.9 Å². The van der Waals surface area contributed by atoms with E-state index in [1.165, 1.54) is 16.7 Å². The summed E-state index contributed by atoms with van der Waals surface area (Å²) in [5.74, 6) is 3.51. The summed E-state index contributed by atoms with van der Waals surface area (Å²) in [7, 11) is 1.69. The molecule has 37 heavy (non-hydrogen) atoms. The van der Waals surface area contributed by atoms with E-state index >= 15 is 0 Å². The molecule has 3 aromatic carbocycles. The molecule has 2 heterocycles.